The molecule has 0 unspecified atom stereocenters. The molecule has 0 fully saturated rings. The van der Waals surface area contributed by atoms with Crippen molar-refractivity contribution in [2.24, 2.45) is 10.9 Å². The van der Waals surface area contributed by atoms with Gasteiger partial charge in [0.25, 0.3) is 0 Å². The van der Waals surface area contributed by atoms with Crippen LogP contribution in [0.3, 0.4) is 0 Å². The second kappa shape index (κ2) is 6.61. The molecule has 2 aromatic rings. The Morgan fingerprint density at radius 3 is 3.05 bits per heavy atom. The van der Waals surface area contributed by atoms with E-state index >= 15 is 0 Å². The first-order valence-electron chi connectivity index (χ1n) is 5.80. The monoisotopic (exact) mass is 309 g/mol. The molecule has 0 bridgehead atoms. The highest BCUT2D eigenvalue weighted by Gasteiger charge is 2.10. The second-order valence-electron chi connectivity index (χ2n) is 3.89. The van der Waals surface area contributed by atoms with Crippen LogP contribution in [-0.2, 0) is 16.2 Å². The maximum Gasteiger partial charge on any atom is 0.336 e. The van der Waals surface area contributed by atoms with Crippen molar-refractivity contribution in [1.82, 2.24) is 9.78 Å². The van der Waals surface area contributed by atoms with Crippen molar-refractivity contribution in [3.63, 3.8) is 0 Å². The van der Waals surface area contributed by atoms with Crippen molar-refractivity contribution in [3.8, 4) is 0 Å². The highest BCUT2D eigenvalue weighted by Crippen LogP contribution is 2.09. The summed E-state index contributed by atoms with van der Waals surface area (Å²) in [5.74, 6) is -0.485. The van der Waals surface area contributed by atoms with Crippen LogP contribution in [0.2, 0.25) is 0 Å². The molecule has 0 aromatic carbocycles. The zero-order valence-electron chi connectivity index (χ0n) is 10.7. The largest absolute Gasteiger partial charge is 0.380 e. The van der Waals surface area contributed by atoms with E-state index in [2.05, 4.69) is 15.1 Å². The molecule has 0 amide bonds. The van der Waals surface area contributed by atoms with Crippen molar-refractivity contribution in [1.29, 1.82) is 0 Å². The molecule has 0 aliphatic rings. The average Bonchev–Trinajstić information content (AvgIpc) is 3.13. The molecular formula is C11H11N5O4S. The van der Waals surface area contributed by atoms with Gasteiger partial charge >= 0.3 is 11.7 Å². The maximum atomic E-state index is 11.5. The van der Waals surface area contributed by atoms with Crippen LogP contribution in [0.5, 0.6) is 0 Å². The molecule has 0 radical (unpaired) electrons. The van der Waals surface area contributed by atoms with E-state index in [0.29, 0.717) is 4.88 Å². The average molecular weight is 309 g/mol. The fourth-order valence-corrected chi connectivity index (χ4v) is 2.01. The third-order valence-corrected chi connectivity index (χ3v) is 3.29. The Balaban J connectivity index is 1.82. The summed E-state index contributed by atoms with van der Waals surface area (Å²) in [6, 6.07) is 3.55. The molecule has 0 aliphatic carbocycles. The molecule has 2 N–H and O–H groups in total. The van der Waals surface area contributed by atoms with Crippen LogP contribution >= 0.6 is 11.3 Å². The highest BCUT2D eigenvalue weighted by molar-refractivity contribution is 7.12. The molecular weight excluding hydrogens is 298 g/mol. The molecule has 2 aromatic heterocycles. The normalized spacial score (nSPS) is 11.3. The van der Waals surface area contributed by atoms with Gasteiger partial charge in [0.1, 0.15) is 12.4 Å². The minimum atomic E-state index is -0.604. The smallest absolute Gasteiger partial charge is 0.336 e. The van der Waals surface area contributed by atoms with Crippen LogP contribution in [-0.4, -0.2) is 26.5 Å². The first kappa shape index (κ1) is 14.7. The number of nitro groups is 1. The predicted octanol–water partition coefficient (Wildman–Crippen LogP) is 1.11. The molecule has 2 heterocycles. The zero-order valence-corrected chi connectivity index (χ0v) is 11.5. The van der Waals surface area contributed by atoms with Crippen molar-refractivity contribution in [2.45, 2.75) is 13.0 Å². The number of carbonyl (C=O) groups excluding carboxylic acids is 1. The number of carbonyl (C=O) groups is 1. The molecule has 0 saturated carbocycles. The molecule has 2 rings (SSSR count). The van der Waals surface area contributed by atoms with Crippen molar-refractivity contribution >= 4 is 28.8 Å². The van der Waals surface area contributed by atoms with Gasteiger partial charge in [0.05, 0.1) is 22.8 Å². The summed E-state index contributed by atoms with van der Waals surface area (Å²) < 4.78 is 1.28. The van der Waals surface area contributed by atoms with Gasteiger partial charge in [-0.2, -0.15) is 5.10 Å². The van der Waals surface area contributed by atoms with Crippen molar-refractivity contribution in [2.75, 3.05) is 0 Å². The Labute approximate surface area is 122 Å². The zero-order chi connectivity index (χ0) is 15.2. The maximum absolute atomic E-state index is 11.5. The fraction of sp³-hybridized carbons (Fsp3) is 0.182. The summed E-state index contributed by atoms with van der Waals surface area (Å²) in [7, 11) is 0. The number of hydrogen-bond acceptors (Lipinski definition) is 7. The summed E-state index contributed by atoms with van der Waals surface area (Å²) in [6.07, 6.45) is 2.31. The first-order valence-corrected chi connectivity index (χ1v) is 6.68. The van der Waals surface area contributed by atoms with E-state index in [-0.39, 0.29) is 24.5 Å². The van der Waals surface area contributed by atoms with E-state index in [0.717, 1.165) is 6.20 Å². The third kappa shape index (κ3) is 4.11. The van der Waals surface area contributed by atoms with Crippen LogP contribution in [0.25, 0.3) is 0 Å². The Kier molecular flexibility index (Phi) is 4.61. The van der Waals surface area contributed by atoms with Gasteiger partial charge in [0, 0.05) is 0 Å². The van der Waals surface area contributed by atoms with Crippen molar-refractivity contribution in [3.05, 3.63) is 44.9 Å². The number of oxime groups is 1. The number of nitrogens with two attached hydrogens (primary N) is 1. The molecule has 0 atom stereocenters. The predicted molar refractivity (Wildman–Crippen MR) is 74.6 cm³/mol. The lowest BCUT2D eigenvalue weighted by Gasteiger charge is -2.00. The SMILES string of the molecule is N/C(=N\OC(=O)CCn1cc([N+](=O)[O-])cn1)c1cccs1. The lowest BCUT2D eigenvalue weighted by molar-refractivity contribution is -0.385. The lowest BCUT2D eigenvalue weighted by Crippen LogP contribution is -2.14. The third-order valence-electron chi connectivity index (χ3n) is 2.39. The number of thiophene rings is 1. The van der Waals surface area contributed by atoms with E-state index in [9.17, 15) is 14.9 Å². The minimum Gasteiger partial charge on any atom is -0.380 e. The van der Waals surface area contributed by atoms with Gasteiger partial charge in [0.2, 0.25) is 0 Å². The number of amidine groups is 1. The van der Waals surface area contributed by atoms with Gasteiger partial charge in [-0.3, -0.25) is 14.8 Å². The number of nitrogens with zero attached hydrogens (tertiary/aromatic N) is 4. The second-order valence-corrected chi connectivity index (χ2v) is 4.83. The van der Waals surface area contributed by atoms with E-state index in [1.807, 2.05) is 5.38 Å². The van der Waals surface area contributed by atoms with E-state index < -0.39 is 10.9 Å². The lowest BCUT2D eigenvalue weighted by atomic mass is 10.4. The number of aryl methyl sites for hydroxylation is 1. The van der Waals surface area contributed by atoms with E-state index in [1.165, 1.54) is 22.2 Å². The number of rotatable bonds is 6. The van der Waals surface area contributed by atoms with Gasteiger partial charge in [-0.05, 0) is 11.4 Å². The Morgan fingerprint density at radius 1 is 1.62 bits per heavy atom. The van der Waals surface area contributed by atoms with Gasteiger partial charge in [-0.15, -0.1) is 11.3 Å². The Bertz CT molecular complexity index is 664. The Morgan fingerprint density at radius 2 is 2.43 bits per heavy atom. The molecule has 0 saturated heterocycles. The van der Waals surface area contributed by atoms with Gasteiger partial charge in [-0.25, -0.2) is 4.79 Å². The van der Waals surface area contributed by atoms with Crippen LogP contribution < -0.4 is 5.73 Å². The Hall–Kier alpha value is -2.75. The molecule has 0 aliphatic heterocycles. The summed E-state index contributed by atoms with van der Waals surface area (Å²) in [5, 5.41) is 19.6. The summed E-state index contributed by atoms with van der Waals surface area (Å²) in [6.45, 7) is 0.154. The molecule has 9 nitrogen and oxygen atoms in total. The van der Waals surface area contributed by atoms with Gasteiger partial charge < -0.3 is 10.6 Å². The topological polar surface area (TPSA) is 126 Å². The molecule has 0 spiro atoms. The van der Waals surface area contributed by atoms with Crippen LogP contribution in [0.1, 0.15) is 11.3 Å². The molecule has 110 valence electrons. The van der Waals surface area contributed by atoms with E-state index in [1.54, 1.807) is 12.1 Å². The van der Waals surface area contributed by atoms with Gasteiger partial charge in [-0.1, -0.05) is 11.2 Å². The van der Waals surface area contributed by atoms with Crippen LogP contribution in [0.15, 0.2) is 35.1 Å². The minimum absolute atomic E-state index is 0.0277. The van der Waals surface area contributed by atoms with E-state index in [4.69, 9.17) is 5.73 Å². The fourth-order valence-electron chi connectivity index (χ4n) is 1.39. The van der Waals surface area contributed by atoms with Crippen LogP contribution in [0, 0.1) is 10.1 Å². The summed E-state index contributed by atoms with van der Waals surface area (Å²) in [4.78, 5) is 26.7. The van der Waals surface area contributed by atoms with Crippen LogP contribution in [0.4, 0.5) is 5.69 Å². The summed E-state index contributed by atoms with van der Waals surface area (Å²) >= 11 is 1.37. The van der Waals surface area contributed by atoms with Gasteiger partial charge in [0.15, 0.2) is 5.84 Å². The number of aromatic nitrogens is 2. The first-order chi connectivity index (χ1) is 10.1. The molecule has 10 heteroatoms. The standard InChI is InChI=1S/C11H11N5O4S/c12-11(9-2-1-5-21-9)14-20-10(17)3-4-15-7-8(6-13-15)16(18)19/h1-2,5-7H,3-4H2,(H2,12,14). The number of hydrogen-bond donors (Lipinski definition) is 1. The van der Waals surface area contributed by atoms with Crippen molar-refractivity contribution < 1.29 is 14.6 Å². The quantitative estimate of drug-likeness (QED) is 0.280. The summed E-state index contributed by atoms with van der Waals surface area (Å²) in [5.41, 5.74) is 5.49. The highest BCUT2D eigenvalue weighted by atomic mass is 32.1. The molecule has 21 heavy (non-hydrogen) atoms.